The third-order valence-corrected chi connectivity index (χ3v) is 2.82. The average molecular weight is 219 g/mol. The van der Waals surface area contributed by atoms with E-state index in [4.69, 9.17) is 10.8 Å². The van der Waals surface area contributed by atoms with Crippen LogP contribution in [0.25, 0.3) is 0 Å². The third kappa shape index (κ3) is 3.25. The Bertz CT molecular complexity index is 309. The molecule has 0 saturated heterocycles. The number of halogens is 2. The molecule has 2 nitrogen and oxygen atoms in total. The van der Waals surface area contributed by atoms with Crippen molar-refractivity contribution < 1.29 is 13.9 Å². The molecule has 0 aromatic heterocycles. The van der Waals surface area contributed by atoms with Gasteiger partial charge in [0.25, 0.3) is 0 Å². The lowest BCUT2D eigenvalue weighted by Crippen LogP contribution is -2.26. The summed E-state index contributed by atoms with van der Waals surface area (Å²) >= 11 is 1.16. The van der Waals surface area contributed by atoms with E-state index in [1.807, 2.05) is 0 Å². The van der Waals surface area contributed by atoms with Crippen LogP contribution >= 0.6 is 11.8 Å². The number of aliphatic hydroxyl groups excluding tert-OH is 1. The third-order valence-electron chi connectivity index (χ3n) is 1.58. The minimum Gasteiger partial charge on any atom is -0.395 e. The fourth-order valence-electron chi connectivity index (χ4n) is 0.842. The molecule has 0 spiro atoms. The van der Waals surface area contributed by atoms with E-state index in [1.165, 1.54) is 12.1 Å². The fourth-order valence-corrected chi connectivity index (χ4v) is 1.70. The van der Waals surface area contributed by atoms with Crippen molar-refractivity contribution in [3.05, 3.63) is 29.8 Å². The predicted molar refractivity (Wildman–Crippen MR) is 52.1 cm³/mol. The van der Waals surface area contributed by atoms with Gasteiger partial charge in [0.2, 0.25) is 0 Å². The normalized spacial score (nSPS) is 12.9. The Kier molecular flexibility index (Phi) is 4.31. The van der Waals surface area contributed by atoms with Gasteiger partial charge in [-0.05, 0) is 12.1 Å². The number of aliphatic hydroxyl groups is 1. The van der Waals surface area contributed by atoms with Gasteiger partial charge in [0.1, 0.15) is 11.6 Å². The van der Waals surface area contributed by atoms with Gasteiger partial charge in [0.15, 0.2) is 0 Å². The van der Waals surface area contributed by atoms with Gasteiger partial charge in [0, 0.05) is 22.8 Å². The maximum absolute atomic E-state index is 13.0. The molecule has 1 atom stereocenters. The molecular formula is C9H11F2NOS. The van der Waals surface area contributed by atoms with Crippen molar-refractivity contribution in [3.63, 3.8) is 0 Å². The summed E-state index contributed by atoms with van der Waals surface area (Å²) < 4.78 is 25.5. The number of rotatable bonds is 4. The fraction of sp³-hybridized carbons (Fsp3) is 0.333. The summed E-state index contributed by atoms with van der Waals surface area (Å²) in [6, 6.07) is 2.99. The Morgan fingerprint density at radius 1 is 1.43 bits per heavy atom. The molecule has 0 amide bonds. The standard InChI is InChI=1S/C9H11F2NOS/c10-6-1-2-9(8(11)3-6)14-5-7(12)4-13/h1-3,7,13H,4-5,12H2. The second-order valence-corrected chi connectivity index (χ2v) is 3.89. The SMILES string of the molecule is NC(CO)CSc1ccc(F)cc1F. The Labute approximate surface area is 85.1 Å². The van der Waals surface area contributed by atoms with Gasteiger partial charge in [-0.25, -0.2) is 8.78 Å². The summed E-state index contributed by atoms with van der Waals surface area (Å²) in [5, 5.41) is 8.63. The molecular weight excluding hydrogens is 208 g/mol. The predicted octanol–water partition coefficient (Wildman–Crippen LogP) is 1.38. The highest BCUT2D eigenvalue weighted by molar-refractivity contribution is 7.99. The maximum Gasteiger partial charge on any atom is 0.139 e. The lowest BCUT2D eigenvalue weighted by Gasteiger charge is -2.07. The number of thioether (sulfide) groups is 1. The molecule has 78 valence electrons. The second kappa shape index (κ2) is 5.29. The van der Waals surface area contributed by atoms with Gasteiger partial charge >= 0.3 is 0 Å². The van der Waals surface area contributed by atoms with Gasteiger partial charge in [0.05, 0.1) is 6.61 Å². The Balaban J connectivity index is 2.59. The van der Waals surface area contributed by atoms with E-state index in [0.29, 0.717) is 10.6 Å². The van der Waals surface area contributed by atoms with Crippen molar-refractivity contribution >= 4 is 11.8 Å². The van der Waals surface area contributed by atoms with E-state index >= 15 is 0 Å². The van der Waals surface area contributed by atoms with Gasteiger partial charge < -0.3 is 10.8 Å². The van der Waals surface area contributed by atoms with Crippen LogP contribution in [0, 0.1) is 11.6 Å². The molecule has 3 N–H and O–H groups in total. The molecule has 0 bridgehead atoms. The van der Waals surface area contributed by atoms with E-state index in [9.17, 15) is 8.78 Å². The van der Waals surface area contributed by atoms with Crippen LogP contribution in [0.1, 0.15) is 0 Å². The second-order valence-electron chi connectivity index (χ2n) is 2.83. The number of benzene rings is 1. The zero-order valence-corrected chi connectivity index (χ0v) is 8.23. The first-order chi connectivity index (χ1) is 6.63. The first-order valence-corrected chi connectivity index (χ1v) is 5.06. The monoisotopic (exact) mass is 219 g/mol. The molecule has 0 aliphatic rings. The van der Waals surface area contributed by atoms with Crippen LogP contribution in [0.15, 0.2) is 23.1 Å². The summed E-state index contributed by atoms with van der Waals surface area (Å²) in [5.41, 5.74) is 5.43. The summed E-state index contributed by atoms with van der Waals surface area (Å²) in [6.07, 6.45) is 0. The van der Waals surface area contributed by atoms with Crippen molar-refractivity contribution in [1.82, 2.24) is 0 Å². The summed E-state index contributed by atoms with van der Waals surface area (Å²) in [6.45, 7) is -0.143. The minimum atomic E-state index is -0.599. The van der Waals surface area contributed by atoms with Crippen LogP contribution in [0.3, 0.4) is 0 Å². The van der Waals surface area contributed by atoms with Crippen LogP contribution in [0.2, 0.25) is 0 Å². The van der Waals surface area contributed by atoms with Crippen LogP contribution in [-0.2, 0) is 0 Å². The van der Waals surface area contributed by atoms with Crippen molar-refractivity contribution in [1.29, 1.82) is 0 Å². The molecule has 0 fully saturated rings. The van der Waals surface area contributed by atoms with E-state index in [-0.39, 0.29) is 12.6 Å². The first kappa shape index (κ1) is 11.4. The van der Waals surface area contributed by atoms with E-state index in [0.717, 1.165) is 17.8 Å². The molecule has 0 radical (unpaired) electrons. The van der Waals surface area contributed by atoms with Crippen molar-refractivity contribution in [3.8, 4) is 0 Å². The summed E-state index contributed by atoms with van der Waals surface area (Å²) in [5.74, 6) is -0.794. The van der Waals surface area contributed by atoms with Crippen LogP contribution in [0.5, 0.6) is 0 Å². The number of nitrogens with two attached hydrogens (primary N) is 1. The number of hydrogen-bond acceptors (Lipinski definition) is 3. The first-order valence-electron chi connectivity index (χ1n) is 4.07. The molecule has 1 aromatic rings. The molecule has 0 heterocycles. The largest absolute Gasteiger partial charge is 0.395 e. The summed E-state index contributed by atoms with van der Waals surface area (Å²) in [7, 11) is 0. The molecule has 1 rings (SSSR count). The molecule has 5 heteroatoms. The maximum atomic E-state index is 13.0. The summed E-state index contributed by atoms with van der Waals surface area (Å²) in [4.78, 5) is 0.343. The van der Waals surface area contributed by atoms with Gasteiger partial charge in [-0.15, -0.1) is 11.8 Å². The van der Waals surface area contributed by atoms with E-state index < -0.39 is 11.6 Å². The van der Waals surface area contributed by atoms with Crippen LogP contribution in [-0.4, -0.2) is 23.5 Å². The molecule has 1 aromatic carbocycles. The Morgan fingerprint density at radius 3 is 2.71 bits per heavy atom. The lowest BCUT2D eigenvalue weighted by atomic mass is 10.3. The lowest BCUT2D eigenvalue weighted by molar-refractivity contribution is 0.275. The van der Waals surface area contributed by atoms with Gasteiger partial charge in [-0.1, -0.05) is 0 Å². The smallest absolute Gasteiger partial charge is 0.139 e. The molecule has 14 heavy (non-hydrogen) atoms. The highest BCUT2D eigenvalue weighted by atomic mass is 32.2. The van der Waals surface area contributed by atoms with Gasteiger partial charge in [-0.2, -0.15) is 0 Å². The van der Waals surface area contributed by atoms with Gasteiger partial charge in [-0.3, -0.25) is 0 Å². The Morgan fingerprint density at radius 2 is 2.14 bits per heavy atom. The highest BCUT2D eigenvalue weighted by Gasteiger charge is 2.06. The minimum absolute atomic E-state index is 0.143. The zero-order valence-electron chi connectivity index (χ0n) is 7.41. The van der Waals surface area contributed by atoms with E-state index in [2.05, 4.69) is 0 Å². The zero-order chi connectivity index (χ0) is 10.6. The quantitative estimate of drug-likeness (QED) is 0.752. The van der Waals surface area contributed by atoms with E-state index in [1.54, 1.807) is 0 Å². The average Bonchev–Trinajstić information content (AvgIpc) is 2.16. The molecule has 0 aliphatic carbocycles. The molecule has 1 unspecified atom stereocenters. The van der Waals surface area contributed by atoms with Crippen molar-refractivity contribution in [2.75, 3.05) is 12.4 Å². The van der Waals surface area contributed by atoms with Crippen molar-refractivity contribution in [2.24, 2.45) is 5.73 Å². The molecule has 0 saturated carbocycles. The highest BCUT2D eigenvalue weighted by Crippen LogP contribution is 2.22. The molecule has 0 aliphatic heterocycles. The number of hydrogen-bond donors (Lipinski definition) is 2. The topological polar surface area (TPSA) is 46.2 Å². The Hall–Kier alpha value is -0.650. The van der Waals surface area contributed by atoms with Crippen LogP contribution < -0.4 is 5.73 Å². The van der Waals surface area contributed by atoms with Crippen molar-refractivity contribution in [2.45, 2.75) is 10.9 Å². The van der Waals surface area contributed by atoms with Crippen LogP contribution in [0.4, 0.5) is 8.78 Å².